The maximum Gasteiger partial charge on any atom is 0.161 e. The highest BCUT2D eigenvalue weighted by Crippen LogP contribution is 2.28. The van der Waals surface area contributed by atoms with E-state index in [1.807, 2.05) is 36.4 Å². The molecular weight excluding hydrogens is 380 g/mol. The number of para-hydroxylation sites is 1. The van der Waals surface area contributed by atoms with Crippen molar-refractivity contribution in [1.29, 1.82) is 0 Å². The third kappa shape index (κ3) is 6.62. The van der Waals surface area contributed by atoms with Crippen LogP contribution >= 0.6 is 0 Å². The second-order valence-corrected chi connectivity index (χ2v) is 7.73. The zero-order valence-electron chi connectivity index (χ0n) is 18.1. The molecule has 2 N–H and O–H groups in total. The van der Waals surface area contributed by atoms with Gasteiger partial charge in [-0.1, -0.05) is 30.7 Å². The van der Waals surface area contributed by atoms with E-state index >= 15 is 0 Å². The number of aliphatic hydroxyl groups excluding tert-OH is 1. The lowest BCUT2D eigenvalue weighted by molar-refractivity contribution is 0.0608. The lowest BCUT2D eigenvalue weighted by Crippen LogP contribution is -2.38. The van der Waals surface area contributed by atoms with E-state index in [-0.39, 0.29) is 6.61 Å². The molecule has 2 aromatic rings. The van der Waals surface area contributed by atoms with E-state index in [9.17, 15) is 5.11 Å². The van der Waals surface area contributed by atoms with Crippen LogP contribution in [0, 0.1) is 0 Å². The largest absolute Gasteiger partial charge is 0.496 e. The number of β-amino-alcohol motifs (C(OH)–C–C–N with tert-alkyl or cyclic N) is 1. The van der Waals surface area contributed by atoms with Crippen molar-refractivity contribution in [3.8, 4) is 17.2 Å². The van der Waals surface area contributed by atoms with Crippen molar-refractivity contribution >= 4 is 0 Å². The van der Waals surface area contributed by atoms with Gasteiger partial charge in [-0.2, -0.15) is 0 Å². The van der Waals surface area contributed by atoms with Crippen molar-refractivity contribution in [2.45, 2.75) is 38.5 Å². The Balaban J connectivity index is 1.52. The summed E-state index contributed by atoms with van der Waals surface area (Å²) in [5, 5.41) is 13.8. The number of nitrogens with zero attached hydrogens (tertiary/aromatic N) is 1. The van der Waals surface area contributed by atoms with Gasteiger partial charge in [-0.25, -0.2) is 0 Å². The Hall–Kier alpha value is -2.28. The second-order valence-electron chi connectivity index (χ2n) is 7.73. The van der Waals surface area contributed by atoms with E-state index in [2.05, 4.69) is 16.3 Å². The number of nitrogens with one attached hydrogen (secondary N) is 1. The number of hydrogen-bond donors (Lipinski definition) is 2. The summed E-state index contributed by atoms with van der Waals surface area (Å²) in [6.07, 6.45) is 3.20. The Morgan fingerprint density at radius 3 is 2.47 bits per heavy atom. The highest BCUT2D eigenvalue weighted by molar-refractivity contribution is 5.43. The van der Waals surface area contributed by atoms with E-state index in [0.717, 1.165) is 30.0 Å². The first-order chi connectivity index (χ1) is 14.7. The molecule has 0 aromatic heterocycles. The van der Waals surface area contributed by atoms with Gasteiger partial charge in [0, 0.05) is 25.2 Å². The Labute approximate surface area is 179 Å². The molecule has 0 spiro atoms. The van der Waals surface area contributed by atoms with Gasteiger partial charge >= 0.3 is 0 Å². The molecule has 1 unspecified atom stereocenters. The Morgan fingerprint density at radius 2 is 1.70 bits per heavy atom. The number of benzene rings is 2. The summed E-state index contributed by atoms with van der Waals surface area (Å²) in [4.78, 5) is 2.31. The molecule has 30 heavy (non-hydrogen) atoms. The monoisotopic (exact) mass is 414 g/mol. The molecule has 1 atom stereocenters. The number of ether oxygens (including phenoxy) is 3. The summed E-state index contributed by atoms with van der Waals surface area (Å²) in [7, 11) is 3.32. The third-order valence-corrected chi connectivity index (χ3v) is 5.41. The molecule has 1 aliphatic heterocycles. The molecule has 2 aromatic carbocycles. The number of methoxy groups -OCH3 is 2. The van der Waals surface area contributed by atoms with Gasteiger partial charge in [-0.05, 0) is 49.7 Å². The van der Waals surface area contributed by atoms with Crippen LogP contribution in [0.2, 0.25) is 0 Å². The molecule has 1 heterocycles. The molecule has 0 aliphatic carbocycles. The minimum atomic E-state index is -0.514. The summed E-state index contributed by atoms with van der Waals surface area (Å²) < 4.78 is 16.8. The SMILES string of the molecule is COc1ccccc1CNCc1ccc(OC)c(OCC(O)CN2CCCCC2)c1. The van der Waals surface area contributed by atoms with Gasteiger partial charge < -0.3 is 29.5 Å². The maximum atomic E-state index is 10.4. The first kappa shape index (κ1) is 22.4. The molecule has 6 heteroatoms. The fraction of sp³-hybridized carbons (Fsp3) is 0.500. The van der Waals surface area contributed by atoms with Crippen molar-refractivity contribution in [2.24, 2.45) is 0 Å². The first-order valence-corrected chi connectivity index (χ1v) is 10.7. The van der Waals surface area contributed by atoms with Crippen LogP contribution in [0.5, 0.6) is 17.2 Å². The van der Waals surface area contributed by atoms with Crippen LogP contribution in [-0.4, -0.2) is 56.6 Å². The van der Waals surface area contributed by atoms with Crippen molar-refractivity contribution in [3.05, 3.63) is 53.6 Å². The molecule has 0 radical (unpaired) electrons. The number of hydrogen-bond acceptors (Lipinski definition) is 6. The van der Waals surface area contributed by atoms with Gasteiger partial charge in [0.25, 0.3) is 0 Å². The third-order valence-electron chi connectivity index (χ3n) is 5.41. The molecule has 0 amide bonds. The van der Waals surface area contributed by atoms with E-state index in [4.69, 9.17) is 14.2 Å². The fourth-order valence-corrected chi connectivity index (χ4v) is 3.81. The second kappa shape index (κ2) is 11.8. The zero-order chi connectivity index (χ0) is 21.2. The van der Waals surface area contributed by atoms with Gasteiger partial charge in [-0.15, -0.1) is 0 Å². The standard InChI is InChI=1S/C24H34N2O4/c1-28-22-9-5-4-8-20(22)16-25-15-19-10-11-23(29-2)24(14-19)30-18-21(27)17-26-12-6-3-7-13-26/h4-5,8-11,14,21,25,27H,3,6-7,12-13,15-18H2,1-2H3. The quantitative estimate of drug-likeness (QED) is 0.589. The number of likely N-dealkylation sites (tertiary alicyclic amines) is 1. The minimum absolute atomic E-state index is 0.255. The van der Waals surface area contributed by atoms with Crippen molar-refractivity contribution < 1.29 is 19.3 Å². The lowest BCUT2D eigenvalue weighted by atomic mass is 10.1. The molecule has 1 aliphatic rings. The average molecular weight is 415 g/mol. The number of aliphatic hydroxyl groups is 1. The van der Waals surface area contributed by atoms with Crippen LogP contribution in [0.1, 0.15) is 30.4 Å². The molecule has 0 saturated carbocycles. The normalized spacial score (nSPS) is 15.6. The van der Waals surface area contributed by atoms with Gasteiger partial charge in [0.15, 0.2) is 11.5 Å². The molecule has 0 bridgehead atoms. The molecule has 6 nitrogen and oxygen atoms in total. The van der Waals surface area contributed by atoms with E-state index < -0.39 is 6.10 Å². The van der Waals surface area contributed by atoms with Crippen molar-refractivity contribution in [2.75, 3.05) is 40.5 Å². The maximum absolute atomic E-state index is 10.4. The Bertz CT molecular complexity index is 778. The Morgan fingerprint density at radius 1 is 0.933 bits per heavy atom. The summed E-state index contributed by atoms with van der Waals surface area (Å²) >= 11 is 0. The van der Waals surface area contributed by atoms with Gasteiger partial charge in [0.1, 0.15) is 18.5 Å². The van der Waals surface area contributed by atoms with E-state index in [0.29, 0.717) is 31.1 Å². The summed E-state index contributed by atoms with van der Waals surface area (Å²) in [5.41, 5.74) is 2.21. The van der Waals surface area contributed by atoms with E-state index in [1.165, 1.54) is 19.3 Å². The average Bonchev–Trinajstić information content (AvgIpc) is 2.79. The first-order valence-electron chi connectivity index (χ1n) is 10.7. The topological polar surface area (TPSA) is 63.2 Å². The molecule has 164 valence electrons. The molecular formula is C24H34N2O4. The van der Waals surface area contributed by atoms with Crippen LogP contribution in [-0.2, 0) is 13.1 Å². The van der Waals surface area contributed by atoms with Crippen LogP contribution in [0.25, 0.3) is 0 Å². The summed E-state index contributed by atoms with van der Waals surface area (Å²) in [6, 6.07) is 13.9. The highest BCUT2D eigenvalue weighted by Gasteiger charge is 2.16. The van der Waals surface area contributed by atoms with Crippen molar-refractivity contribution in [1.82, 2.24) is 10.2 Å². The highest BCUT2D eigenvalue weighted by atomic mass is 16.5. The smallest absolute Gasteiger partial charge is 0.161 e. The van der Waals surface area contributed by atoms with Crippen LogP contribution in [0.4, 0.5) is 0 Å². The molecule has 3 rings (SSSR count). The van der Waals surface area contributed by atoms with Crippen LogP contribution < -0.4 is 19.5 Å². The number of piperidine rings is 1. The van der Waals surface area contributed by atoms with Gasteiger partial charge in [0.05, 0.1) is 14.2 Å². The van der Waals surface area contributed by atoms with E-state index in [1.54, 1.807) is 14.2 Å². The summed E-state index contributed by atoms with van der Waals surface area (Å²) in [5.74, 6) is 2.21. The lowest BCUT2D eigenvalue weighted by Gasteiger charge is -2.28. The van der Waals surface area contributed by atoms with Gasteiger partial charge in [-0.3, -0.25) is 0 Å². The zero-order valence-corrected chi connectivity index (χ0v) is 18.1. The fourth-order valence-electron chi connectivity index (χ4n) is 3.81. The minimum Gasteiger partial charge on any atom is -0.496 e. The van der Waals surface area contributed by atoms with Crippen LogP contribution in [0.15, 0.2) is 42.5 Å². The van der Waals surface area contributed by atoms with Gasteiger partial charge in [0.2, 0.25) is 0 Å². The number of rotatable bonds is 11. The Kier molecular flexibility index (Phi) is 8.81. The predicted octanol–water partition coefficient (Wildman–Crippen LogP) is 3.22. The summed E-state index contributed by atoms with van der Waals surface area (Å²) in [6.45, 7) is 4.43. The molecule has 1 fully saturated rings. The van der Waals surface area contributed by atoms with Crippen molar-refractivity contribution in [3.63, 3.8) is 0 Å². The predicted molar refractivity (Wildman–Crippen MR) is 118 cm³/mol. The molecule has 1 saturated heterocycles. The van der Waals surface area contributed by atoms with Crippen LogP contribution in [0.3, 0.4) is 0 Å².